The number of benzene rings is 2. The Labute approximate surface area is 178 Å². The lowest BCUT2D eigenvalue weighted by Gasteiger charge is -2.52. The molecular weight excluding hydrogens is 390 g/mol. The van der Waals surface area contributed by atoms with E-state index in [1.165, 1.54) is 22.5 Å². The molecule has 2 unspecified atom stereocenters. The van der Waals surface area contributed by atoms with Gasteiger partial charge in [0.2, 0.25) is 0 Å². The average Bonchev–Trinajstić information content (AvgIpc) is 3.46. The van der Waals surface area contributed by atoms with E-state index in [1.54, 1.807) is 0 Å². The van der Waals surface area contributed by atoms with Gasteiger partial charge in [0.15, 0.2) is 0 Å². The second kappa shape index (κ2) is 4.71. The standard InChI is InChI=1S/C25H19N3O3/c29-24-21-15(10-26-24)19-14-6-2-4-8-17(14)28-23(19)22-20(21)13-5-1-3-7-16(13)27(22)18-9-12-11-30-25(12,28)31-18/h1-8,12,18-19,23H,9-11H2,(H,26,29)/t12-,18-,19?,23?,25+/m1/s1. The minimum absolute atomic E-state index is 0.0507. The number of rotatable bonds is 0. The Hall–Kier alpha value is -3.09. The lowest BCUT2D eigenvalue weighted by molar-refractivity contribution is -0.322. The number of nitrogens with zero attached hydrogens (tertiary/aromatic N) is 2. The Morgan fingerprint density at radius 2 is 1.97 bits per heavy atom. The monoisotopic (exact) mass is 409 g/mol. The summed E-state index contributed by atoms with van der Waals surface area (Å²) in [5.74, 6) is -0.176. The molecule has 1 amide bonds. The predicted molar refractivity (Wildman–Crippen MR) is 113 cm³/mol. The number of aromatic nitrogens is 1. The molecular formula is C25H19N3O3. The van der Waals surface area contributed by atoms with Crippen molar-refractivity contribution in [3.05, 3.63) is 70.9 Å². The lowest BCUT2D eigenvalue weighted by Crippen LogP contribution is -2.63. The molecule has 2 saturated heterocycles. The largest absolute Gasteiger partial charge is 0.348 e. The molecule has 6 nitrogen and oxygen atoms in total. The Morgan fingerprint density at radius 3 is 2.87 bits per heavy atom. The van der Waals surface area contributed by atoms with Crippen molar-refractivity contribution >= 4 is 28.1 Å². The van der Waals surface area contributed by atoms with Crippen LogP contribution in [0, 0.1) is 5.92 Å². The number of nitrogens with one attached hydrogen (secondary N) is 1. The number of ether oxygens (including phenoxy) is 2. The van der Waals surface area contributed by atoms with Crippen molar-refractivity contribution in [2.24, 2.45) is 5.92 Å². The summed E-state index contributed by atoms with van der Waals surface area (Å²) in [6, 6.07) is 17.2. The van der Waals surface area contributed by atoms with E-state index in [-0.39, 0.29) is 24.1 Å². The number of fused-ring (bicyclic) bond motifs is 10. The number of hydrogen-bond acceptors (Lipinski definition) is 4. The van der Waals surface area contributed by atoms with Crippen molar-refractivity contribution in [1.82, 2.24) is 9.88 Å². The maximum Gasteiger partial charge on any atom is 0.259 e. The van der Waals surface area contributed by atoms with Gasteiger partial charge in [-0.25, -0.2) is 0 Å². The molecule has 3 aromatic rings. The zero-order valence-electron chi connectivity index (χ0n) is 16.7. The molecule has 2 bridgehead atoms. The van der Waals surface area contributed by atoms with Gasteiger partial charge >= 0.3 is 0 Å². The topological polar surface area (TPSA) is 55.7 Å². The van der Waals surface area contributed by atoms with Gasteiger partial charge in [-0.2, -0.15) is 0 Å². The summed E-state index contributed by atoms with van der Waals surface area (Å²) in [6.45, 7) is 1.35. The second-order valence-electron chi connectivity index (χ2n) is 9.53. The van der Waals surface area contributed by atoms with Crippen LogP contribution in [-0.2, 0) is 14.3 Å². The predicted octanol–water partition coefficient (Wildman–Crippen LogP) is 3.42. The first kappa shape index (κ1) is 15.7. The van der Waals surface area contributed by atoms with E-state index >= 15 is 0 Å². The molecule has 31 heavy (non-hydrogen) atoms. The maximum atomic E-state index is 13.1. The van der Waals surface area contributed by atoms with Gasteiger partial charge in [-0.05, 0) is 23.3 Å². The maximum absolute atomic E-state index is 13.1. The number of hydrogen-bond donors (Lipinski definition) is 1. The molecule has 152 valence electrons. The van der Waals surface area contributed by atoms with Gasteiger partial charge < -0.3 is 24.3 Å². The zero-order valence-corrected chi connectivity index (χ0v) is 16.7. The van der Waals surface area contributed by atoms with Crippen LogP contribution in [0.15, 0.2) is 54.1 Å². The quantitative estimate of drug-likeness (QED) is 0.618. The Morgan fingerprint density at radius 1 is 1.10 bits per heavy atom. The third-order valence-electron chi connectivity index (χ3n) is 8.39. The zero-order chi connectivity index (χ0) is 20.1. The Bertz CT molecular complexity index is 1420. The Balaban J connectivity index is 1.50. The molecule has 1 N–H and O–H groups in total. The van der Waals surface area contributed by atoms with Crippen molar-refractivity contribution in [1.29, 1.82) is 0 Å². The summed E-state index contributed by atoms with van der Waals surface area (Å²) in [7, 11) is 0. The molecule has 2 fully saturated rings. The van der Waals surface area contributed by atoms with Crippen LogP contribution in [0.4, 0.5) is 5.69 Å². The van der Waals surface area contributed by atoms with Crippen molar-refractivity contribution in [2.75, 3.05) is 18.1 Å². The van der Waals surface area contributed by atoms with Gasteiger partial charge in [0.05, 0.1) is 35.4 Å². The molecule has 2 aromatic carbocycles. The molecule has 5 aliphatic heterocycles. The van der Waals surface area contributed by atoms with Crippen molar-refractivity contribution < 1.29 is 14.3 Å². The number of anilines is 1. The highest BCUT2D eigenvalue weighted by Gasteiger charge is 2.69. The summed E-state index contributed by atoms with van der Waals surface area (Å²) >= 11 is 0. The first-order chi connectivity index (χ1) is 15.3. The van der Waals surface area contributed by atoms with Crippen LogP contribution in [0.1, 0.15) is 41.4 Å². The molecule has 6 heteroatoms. The molecule has 5 atom stereocenters. The van der Waals surface area contributed by atoms with Gasteiger partial charge in [0.25, 0.3) is 11.8 Å². The summed E-state index contributed by atoms with van der Waals surface area (Å²) in [5.41, 5.74) is 8.02. The molecule has 9 rings (SSSR count). The van der Waals surface area contributed by atoms with Crippen LogP contribution >= 0.6 is 0 Å². The van der Waals surface area contributed by atoms with Gasteiger partial charge in [-0.15, -0.1) is 0 Å². The van der Waals surface area contributed by atoms with E-state index in [1.807, 2.05) is 0 Å². The fraction of sp³-hybridized carbons (Fsp3) is 0.320. The second-order valence-corrected chi connectivity index (χ2v) is 9.53. The first-order valence-electron chi connectivity index (χ1n) is 11.1. The molecule has 1 spiro atoms. The van der Waals surface area contributed by atoms with E-state index in [9.17, 15) is 4.79 Å². The van der Waals surface area contributed by atoms with Crippen LogP contribution in [0.25, 0.3) is 16.5 Å². The number of carbonyl (C=O) groups excluding carboxylic acids is 1. The fourth-order valence-electron chi connectivity index (χ4n) is 7.30. The highest BCUT2D eigenvalue weighted by molar-refractivity contribution is 6.27. The number of para-hydroxylation sites is 2. The molecule has 0 saturated carbocycles. The van der Waals surface area contributed by atoms with Crippen LogP contribution in [0.2, 0.25) is 0 Å². The smallest absolute Gasteiger partial charge is 0.259 e. The average molecular weight is 409 g/mol. The Kier molecular flexibility index (Phi) is 2.38. The van der Waals surface area contributed by atoms with E-state index in [4.69, 9.17) is 9.47 Å². The van der Waals surface area contributed by atoms with E-state index in [0.717, 1.165) is 35.1 Å². The molecule has 0 radical (unpaired) electrons. The van der Waals surface area contributed by atoms with Crippen LogP contribution in [0.5, 0.6) is 0 Å². The van der Waals surface area contributed by atoms with Gasteiger partial charge in [0.1, 0.15) is 6.23 Å². The van der Waals surface area contributed by atoms with Crippen molar-refractivity contribution in [3.8, 4) is 0 Å². The minimum atomic E-state index is -0.703. The van der Waals surface area contributed by atoms with Crippen molar-refractivity contribution in [2.45, 2.75) is 30.5 Å². The lowest BCUT2D eigenvalue weighted by atomic mass is 9.76. The third kappa shape index (κ3) is 1.46. The van der Waals surface area contributed by atoms with E-state index in [2.05, 4.69) is 63.3 Å². The van der Waals surface area contributed by atoms with Crippen molar-refractivity contribution in [3.63, 3.8) is 0 Å². The first-order valence-corrected chi connectivity index (χ1v) is 11.1. The summed E-state index contributed by atoms with van der Waals surface area (Å²) < 4.78 is 15.5. The third-order valence-corrected chi connectivity index (χ3v) is 8.39. The van der Waals surface area contributed by atoms with Gasteiger partial charge in [0, 0.05) is 35.5 Å². The SMILES string of the molecule is O=C1NCC2=C1c1c3n(c4ccccc14)[C@H]1C[C@@H]4CO[C@@]4(O1)N1c4ccccc4C2C31. The van der Waals surface area contributed by atoms with Crippen LogP contribution < -0.4 is 10.2 Å². The van der Waals surface area contributed by atoms with Gasteiger partial charge in [-0.3, -0.25) is 4.79 Å². The highest BCUT2D eigenvalue weighted by atomic mass is 16.8. The molecule has 1 aliphatic carbocycles. The summed E-state index contributed by atoms with van der Waals surface area (Å²) in [6.07, 6.45) is 0.852. The van der Waals surface area contributed by atoms with Gasteiger partial charge in [-0.1, -0.05) is 36.4 Å². The molecule has 6 aliphatic rings. The number of carbonyl (C=O) groups is 1. The van der Waals surface area contributed by atoms with Crippen LogP contribution in [-0.4, -0.2) is 29.5 Å². The molecule has 1 aromatic heterocycles. The summed E-state index contributed by atoms with van der Waals surface area (Å²) in [4.78, 5) is 15.6. The normalized spacial score (nSPS) is 35.4. The fourth-order valence-corrected chi connectivity index (χ4v) is 7.30. The highest BCUT2D eigenvalue weighted by Crippen LogP contribution is 2.68. The van der Waals surface area contributed by atoms with Crippen LogP contribution in [0.3, 0.4) is 0 Å². The molecule has 6 heterocycles. The van der Waals surface area contributed by atoms with E-state index in [0.29, 0.717) is 12.5 Å². The number of amides is 1. The minimum Gasteiger partial charge on any atom is -0.348 e. The summed E-state index contributed by atoms with van der Waals surface area (Å²) in [5, 5.41) is 4.29. The van der Waals surface area contributed by atoms with E-state index < -0.39 is 5.91 Å².